The zero-order valence-corrected chi connectivity index (χ0v) is 5.35. The Labute approximate surface area is 49.5 Å². The zero-order chi connectivity index (χ0) is 6.24. The molecule has 50 valence electrons. The second-order valence-electron chi connectivity index (χ2n) is 1.14. The van der Waals surface area contributed by atoms with Crippen molar-refractivity contribution in [1.29, 1.82) is 0 Å². The third-order valence-electron chi connectivity index (χ3n) is 0.537. The molecule has 0 atom stereocenters. The average molecular weight is 120 g/mol. The topological polar surface area (TPSA) is 27.7 Å². The summed E-state index contributed by atoms with van der Waals surface area (Å²) in [5.74, 6) is 0. The summed E-state index contributed by atoms with van der Waals surface area (Å²) in [6, 6.07) is 0. The van der Waals surface area contributed by atoms with Crippen LogP contribution in [0.3, 0.4) is 0 Å². The molecule has 0 amide bonds. The molecule has 0 aromatic carbocycles. The third-order valence-corrected chi connectivity index (χ3v) is 0.537. The molecule has 0 spiro atoms. The van der Waals surface area contributed by atoms with Crippen molar-refractivity contribution in [3.8, 4) is 0 Å². The van der Waals surface area contributed by atoms with Gasteiger partial charge in [-0.2, -0.15) is 0 Å². The second-order valence-corrected chi connectivity index (χ2v) is 1.14. The van der Waals surface area contributed by atoms with Gasteiger partial charge in [0.25, 0.3) is 0 Å². The van der Waals surface area contributed by atoms with E-state index in [0.717, 1.165) is 0 Å². The molecule has 0 bridgehead atoms. The molecule has 0 aromatic rings. The molecular formula is C5H12O3. The first-order valence-corrected chi connectivity index (χ1v) is 2.74. The average Bonchev–Trinajstić information content (AvgIpc) is 1.81. The summed E-state index contributed by atoms with van der Waals surface area (Å²) in [5.41, 5.74) is 0. The lowest BCUT2D eigenvalue weighted by Gasteiger charge is -1.99. The van der Waals surface area contributed by atoms with E-state index in [0.29, 0.717) is 13.2 Å². The van der Waals surface area contributed by atoms with Gasteiger partial charge in [-0.15, -0.1) is 0 Å². The fourth-order valence-electron chi connectivity index (χ4n) is 0.235. The minimum absolute atomic E-state index is 0.227. The van der Waals surface area contributed by atoms with Gasteiger partial charge in [0.2, 0.25) is 0 Å². The third kappa shape index (κ3) is 5.88. The van der Waals surface area contributed by atoms with Crippen LogP contribution in [0.2, 0.25) is 0 Å². The van der Waals surface area contributed by atoms with E-state index < -0.39 is 0 Å². The molecule has 0 radical (unpaired) electrons. The SMILES string of the molecule is CCOCOOCC. The van der Waals surface area contributed by atoms with E-state index in [4.69, 9.17) is 4.74 Å². The Balaban J connectivity index is 2.53. The van der Waals surface area contributed by atoms with Crippen LogP contribution in [0.4, 0.5) is 0 Å². The maximum absolute atomic E-state index is 4.79. The van der Waals surface area contributed by atoms with Crippen LogP contribution < -0.4 is 0 Å². The van der Waals surface area contributed by atoms with Gasteiger partial charge in [-0.05, 0) is 13.8 Å². The number of rotatable bonds is 5. The Morgan fingerprint density at radius 2 is 1.75 bits per heavy atom. The van der Waals surface area contributed by atoms with Gasteiger partial charge >= 0.3 is 0 Å². The van der Waals surface area contributed by atoms with E-state index in [9.17, 15) is 0 Å². The highest BCUT2D eigenvalue weighted by molar-refractivity contribution is 4.02. The van der Waals surface area contributed by atoms with Crippen molar-refractivity contribution in [3.63, 3.8) is 0 Å². The summed E-state index contributed by atoms with van der Waals surface area (Å²) in [4.78, 5) is 9.01. The van der Waals surface area contributed by atoms with Crippen LogP contribution >= 0.6 is 0 Å². The van der Waals surface area contributed by atoms with E-state index in [2.05, 4.69) is 9.78 Å². The van der Waals surface area contributed by atoms with Gasteiger partial charge in [0, 0.05) is 6.61 Å². The van der Waals surface area contributed by atoms with Crippen molar-refractivity contribution >= 4 is 0 Å². The fourth-order valence-corrected chi connectivity index (χ4v) is 0.235. The van der Waals surface area contributed by atoms with Crippen molar-refractivity contribution in [1.82, 2.24) is 0 Å². The first kappa shape index (κ1) is 7.88. The lowest BCUT2D eigenvalue weighted by Crippen LogP contribution is -1.99. The van der Waals surface area contributed by atoms with E-state index >= 15 is 0 Å². The maximum Gasteiger partial charge on any atom is 0.180 e. The Hall–Kier alpha value is -0.120. The van der Waals surface area contributed by atoms with E-state index in [1.54, 1.807) is 0 Å². The summed E-state index contributed by atoms with van der Waals surface area (Å²) in [6.45, 7) is 5.20. The standard InChI is InChI=1S/C5H12O3/c1-3-6-5-8-7-4-2/h3-5H2,1-2H3. The van der Waals surface area contributed by atoms with Crippen molar-refractivity contribution in [2.75, 3.05) is 20.0 Å². The van der Waals surface area contributed by atoms with Crippen LogP contribution in [0.25, 0.3) is 0 Å². The summed E-state index contributed by atoms with van der Waals surface area (Å²) in [5, 5.41) is 0. The second kappa shape index (κ2) is 6.88. The zero-order valence-electron chi connectivity index (χ0n) is 5.35. The molecular weight excluding hydrogens is 108 g/mol. The predicted octanol–water partition coefficient (Wildman–Crippen LogP) is 0.949. The van der Waals surface area contributed by atoms with Gasteiger partial charge in [-0.25, -0.2) is 9.78 Å². The largest absolute Gasteiger partial charge is 0.353 e. The smallest absolute Gasteiger partial charge is 0.180 e. The molecule has 0 heterocycles. The van der Waals surface area contributed by atoms with Gasteiger partial charge in [-0.1, -0.05) is 0 Å². The van der Waals surface area contributed by atoms with Gasteiger partial charge in [0.05, 0.1) is 6.61 Å². The molecule has 8 heavy (non-hydrogen) atoms. The Kier molecular flexibility index (Phi) is 6.78. The Bertz CT molecular complexity index is 32.7. The number of hydrogen-bond donors (Lipinski definition) is 0. The highest BCUT2D eigenvalue weighted by Crippen LogP contribution is 1.78. The van der Waals surface area contributed by atoms with Gasteiger partial charge in [0.1, 0.15) is 0 Å². The highest BCUT2D eigenvalue weighted by Gasteiger charge is 1.80. The van der Waals surface area contributed by atoms with Crippen LogP contribution in [0, 0.1) is 0 Å². The summed E-state index contributed by atoms with van der Waals surface area (Å²) >= 11 is 0. The van der Waals surface area contributed by atoms with Gasteiger partial charge < -0.3 is 4.74 Å². The predicted molar refractivity (Wildman–Crippen MR) is 29.2 cm³/mol. The van der Waals surface area contributed by atoms with E-state index in [1.165, 1.54) is 0 Å². The maximum atomic E-state index is 4.79. The van der Waals surface area contributed by atoms with Crippen molar-refractivity contribution < 1.29 is 14.5 Å². The summed E-state index contributed by atoms with van der Waals surface area (Å²) in [7, 11) is 0. The molecule has 3 heteroatoms. The fraction of sp³-hybridized carbons (Fsp3) is 1.00. The van der Waals surface area contributed by atoms with Crippen LogP contribution in [-0.4, -0.2) is 20.0 Å². The van der Waals surface area contributed by atoms with Crippen LogP contribution in [-0.2, 0) is 14.5 Å². The molecule has 0 saturated carbocycles. The first-order chi connectivity index (χ1) is 3.91. The molecule has 3 nitrogen and oxygen atoms in total. The molecule has 0 aliphatic heterocycles. The normalized spacial score (nSPS) is 9.75. The van der Waals surface area contributed by atoms with E-state index in [-0.39, 0.29) is 6.79 Å². The molecule has 0 aliphatic rings. The molecule has 0 aromatic heterocycles. The monoisotopic (exact) mass is 120 g/mol. The number of hydrogen-bond acceptors (Lipinski definition) is 3. The molecule has 0 unspecified atom stereocenters. The molecule has 0 fully saturated rings. The minimum Gasteiger partial charge on any atom is -0.353 e. The van der Waals surface area contributed by atoms with Crippen LogP contribution in [0.1, 0.15) is 13.8 Å². The lowest BCUT2D eigenvalue weighted by molar-refractivity contribution is -0.333. The van der Waals surface area contributed by atoms with Crippen LogP contribution in [0.5, 0.6) is 0 Å². The first-order valence-electron chi connectivity index (χ1n) is 2.74. The summed E-state index contributed by atoms with van der Waals surface area (Å²) in [6.07, 6.45) is 0. The minimum atomic E-state index is 0.227. The quantitative estimate of drug-likeness (QED) is 0.234. The highest BCUT2D eigenvalue weighted by atomic mass is 17.2. The van der Waals surface area contributed by atoms with Crippen molar-refractivity contribution in [3.05, 3.63) is 0 Å². The number of ether oxygens (including phenoxy) is 1. The Morgan fingerprint density at radius 3 is 2.25 bits per heavy atom. The molecule has 0 saturated heterocycles. The van der Waals surface area contributed by atoms with Crippen LogP contribution in [0.15, 0.2) is 0 Å². The molecule has 0 N–H and O–H groups in total. The van der Waals surface area contributed by atoms with Gasteiger partial charge in [0.15, 0.2) is 6.79 Å². The van der Waals surface area contributed by atoms with Crippen molar-refractivity contribution in [2.45, 2.75) is 13.8 Å². The Morgan fingerprint density at radius 1 is 1.00 bits per heavy atom. The van der Waals surface area contributed by atoms with Gasteiger partial charge in [-0.3, -0.25) is 0 Å². The summed E-state index contributed by atoms with van der Waals surface area (Å²) < 4.78 is 4.79. The molecule has 0 aliphatic carbocycles. The lowest BCUT2D eigenvalue weighted by atomic mass is 10.9. The molecule has 0 rings (SSSR count). The van der Waals surface area contributed by atoms with E-state index in [1.807, 2.05) is 13.8 Å². The van der Waals surface area contributed by atoms with Crippen molar-refractivity contribution in [2.24, 2.45) is 0 Å².